The van der Waals surface area contributed by atoms with Gasteiger partial charge in [0.2, 0.25) is 6.79 Å². The van der Waals surface area contributed by atoms with Gasteiger partial charge >= 0.3 is 0 Å². The Kier molecular flexibility index (Phi) is 4.44. The van der Waals surface area contributed by atoms with E-state index in [0.29, 0.717) is 23.6 Å². The maximum absolute atomic E-state index is 12.5. The highest BCUT2D eigenvalue weighted by atomic mass is 32.2. The van der Waals surface area contributed by atoms with Crippen LogP contribution >= 0.6 is 0 Å². The third-order valence-electron chi connectivity index (χ3n) is 3.57. The van der Waals surface area contributed by atoms with E-state index in [4.69, 9.17) is 9.47 Å². The Bertz CT molecular complexity index is 876. The molecule has 3 rings (SSSR count). The number of ether oxygens (including phenoxy) is 2. The molecule has 7 heteroatoms. The van der Waals surface area contributed by atoms with Gasteiger partial charge in [-0.1, -0.05) is 19.1 Å². The SMILES string of the molecule is CCCS(=O)(=O)c1ccccc1C(=O)Nc1ccc2c(c1)OCO2. The second kappa shape index (κ2) is 6.52. The number of amides is 1. The van der Waals surface area contributed by atoms with Gasteiger partial charge in [-0.15, -0.1) is 0 Å². The third kappa shape index (κ3) is 3.21. The van der Waals surface area contributed by atoms with Gasteiger partial charge in [-0.2, -0.15) is 0 Å². The second-order valence-corrected chi connectivity index (χ2v) is 7.41. The summed E-state index contributed by atoms with van der Waals surface area (Å²) in [5.74, 6) is 0.671. The van der Waals surface area contributed by atoms with Crippen molar-refractivity contribution in [1.82, 2.24) is 0 Å². The van der Waals surface area contributed by atoms with Crippen LogP contribution in [0.15, 0.2) is 47.4 Å². The highest BCUT2D eigenvalue weighted by Gasteiger charge is 2.22. The lowest BCUT2D eigenvalue weighted by Crippen LogP contribution is -2.17. The van der Waals surface area contributed by atoms with Crippen molar-refractivity contribution >= 4 is 21.4 Å². The van der Waals surface area contributed by atoms with E-state index in [0.717, 1.165) is 0 Å². The molecular formula is C17H17NO5S. The van der Waals surface area contributed by atoms with Crippen molar-refractivity contribution in [2.24, 2.45) is 0 Å². The summed E-state index contributed by atoms with van der Waals surface area (Å²) >= 11 is 0. The summed E-state index contributed by atoms with van der Waals surface area (Å²) in [5, 5.41) is 2.70. The van der Waals surface area contributed by atoms with Crippen LogP contribution in [0.5, 0.6) is 11.5 Å². The Labute approximate surface area is 140 Å². The Balaban J connectivity index is 1.88. The molecule has 2 aromatic carbocycles. The van der Waals surface area contributed by atoms with E-state index in [1.54, 1.807) is 37.3 Å². The molecular weight excluding hydrogens is 330 g/mol. The number of carbonyl (C=O) groups excluding carboxylic acids is 1. The van der Waals surface area contributed by atoms with Crippen LogP contribution in [0.1, 0.15) is 23.7 Å². The number of anilines is 1. The van der Waals surface area contributed by atoms with Crippen LogP contribution in [-0.4, -0.2) is 26.9 Å². The average molecular weight is 347 g/mol. The molecule has 2 aromatic rings. The van der Waals surface area contributed by atoms with Crippen LogP contribution in [0.2, 0.25) is 0 Å². The van der Waals surface area contributed by atoms with Crippen molar-refractivity contribution < 1.29 is 22.7 Å². The first-order valence-corrected chi connectivity index (χ1v) is 9.19. The topological polar surface area (TPSA) is 81.7 Å². The van der Waals surface area contributed by atoms with Crippen molar-refractivity contribution in [1.29, 1.82) is 0 Å². The van der Waals surface area contributed by atoms with Crippen LogP contribution in [0.3, 0.4) is 0 Å². The lowest BCUT2D eigenvalue weighted by Gasteiger charge is -2.11. The van der Waals surface area contributed by atoms with E-state index in [9.17, 15) is 13.2 Å². The molecule has 6 nitrogen and oxygen atoms in total. The Morgan fingerprint density at radius 1 is 1.12 bits per heavy atom. The summed E-state index contributed by atoms with van der Waals surface area (Å²) in [6.45, 7) is 1.93. The number of hydrogen-bond donors (Lipinski definition) is 1. The van der Waals surface area contributed by atoms with Crippen LogP contribution < -0.4 is 14.8 Å². The van der Waals surface area contributed by atoms with E-state index in [1.165, 1.54) is 12.1 Å². The summed E-state index contributed by atoms with van der Waals surface area (Å²) < 4.78 is 35.2. The smallest absolute Gasteiger partial charge is 0.256 e. The van der Waals surface area contributed by atoms with Gasteiger partial charge in [0, 0.05) is 11.8 Å². The summed E-state index contributed by atoms with van der Waals surface area (Å²) in [7, 11) is -3.49. The minimum Gasteiger partial charge on any atom is -0.454 e. The predicted octanol–water partition coefficient (Wildman–Crippen LogP) is 2.85. The lowest BCUT2D eigenvalue weighted by atomic mass is 10.2. The van der Waals surface area contributed by atoms with Gasteiger partial charge < -0.3 is 14.8 Å². The largest absolute Gasteiger partial charge is 0.454 e. The maximum atomic E-state index is 12.5. The quantitative estimate of drug-likeness (QED) is 0.899. The molecule has 0 atom stereocenters. The maximum Gasteiger partial charge on any atom is 0.256 e. The number of nitrogens with one attached hydrogen (secondary N) is 1. The molecule has 1 amide bonds. The van der Waals surface area contributed by atoms with Crippen LogP contribution in [-0.2, 0) is 9.84 Å². The van der Waals surface area contributed by atoms with Gasteiger partial charge in [0.15, 0.2) is 21.3 Å². The molecule has 24 heavy (non-hydrogen) atoms. The van der Waals surface area contributed by atoms with E-state index < -0.39 is 15.7 Å². The first-order valence-electron chi connectivity index (χ1n) is 7.54. The van der Waals surface area contributed by atoms with Crippen LogP contribution in [0.4, 0.5) is 5.69 Å². The van der Waals surface area contributed by atoms with Crippen molar-refractivity contribution in [2.45, 2.75) is 18.2 Å². The van der Waals surface area contributed by atoms with Crippen LogP contribution in [0, 0.1) is 0 Å². The zero-order valence-electron chi connectivity index (χ0n) is 13.1. The van der Waals surface area contributed by atoms with Crippen molar-refractivity contribution in [3.8, 4) is 11.5 Å². The minimum atomic E-state index is -3.49. The molecule has 0 unspecified atom stereocenters. The normalized spacial score (nSPS) is 12.9. The third-order valence-corrected chi connectivity index (χ3v) is 5.54. The number of rotatable bonds is 5. The van der Waals surface area contributed by atoms with E-state index in [-0.39, 0.29) is 23.0 Å². The highest BCUT2D eigenvalue weighted by Crippen LogP contribution is 2.34. The van der Waals surface area contributed by atoms with Crippen LogP contribution in [0.25, 0.3) is 0 Å². The second-order valence-electron chi connectivity index (χ2n) is 5.34. The summed E-state index contributed by atoms with van der Waals surface area (Å²) in [5.41, 5.74) is 0.635. The van der Waals surface area contributed by atoms with Crippen molar-refractivity contribution in [3.63, 3.8) is 0 Å². The van der Waals surface area contributed by atoms with Gasteiger partial charge in [-0.05, 0) is 30.7 Å². The van der Waals surface area contributed by atoms with Gasteiger partial charge in [-0.25, -0.2) is 8.42 Å². The van der Waals surface area contributed by atoms with E-state index in [1.807, 2.05) is 0 Å². The van der Waals surface area contributed by atoms with Gasteiger partial charge in [-0.3, -0.25) is 4.79 Å². The predicted molar refractivity (Wildman–Crippen MR) is 89.3 cm³/mol. The molecule has 126 valence electrons. The first-order chi connectivity index (χ1) is 11.5. The molecule has 0 spiro atoms. The number of fused-ring (bicyclic) bond motifs is 1. The lowest BCUT2D eigenvalue weighted by molar-refractivity contribution is 0.102. The molecule has 0 fully saturated rings. The molecule has 0 bridgehead atoms. The molecule has 0 radical (unpaired) electrons. The number of carbonyl (C=O) groups is 1. The molecule has 1 heterocycles. The highest BCUT2D eigenvalue weighted by molar-refractivity contribution is 7.91. The molecule has 1 aliphatic heterocycles. The fraction of sp³-hybridized carbons (Fsp3) is 0.235. The van der Waals surface area contributed by atoms with Crippen molar-refractivity contribution in [3.05, 3.63) is 48.0 Å². The molecule has 0 saturated heterocycles. The first kappa shape index (κ1) is 16.3. The fourth-order valence-corrected chi connectivity index (χ4v) is 4.02. The molecule has 1 aliphatic rings. The molecule has 0 aromatic heterocycles. The number of sulfone groups is 1. The van der Waals surface area contributed by atoms with E-state index in [2.05, 4.69) is 5.32 Å². The Morgan fingerprint density at radius 3 is 2.67 bits per heavy atom. The zero-order chi connectivity index (χ0) is 17.2. The standard InChI is InChI=1S/C17H17NO5S/c1-2-9-24(20,21)16-6-4-3-5-13(16)17(19)18-12-7-8-14-15(10-12)23-11-22-14/h3-8,10H,2,9,11H2,1H3,(H,18,19). The summed E-state index contributed by atoms with van der Waals surface area (Å²) in [6.07, 6.45) is 0.487. The number of benzene rings is 2. The average Bonchev–Trinajstić information content (AvgIpc) is 3.02. The number of hydrogen-bond acceptors (Lipinski definition) is 5. The zero-order valence-corrected chi connectivity index (χ0v) is 13.9. The van der Waals surface area contributed by atoms with Gasteiger partial charge in [0.05, 0.1) is 16.2 Å². The Hall–Kier alpha value is -2.54. The van der Waals surface area contributed by atoms with Gasteiger partial charge in [0.25, 0.3) is 5.91 Å². The Morgan fingerprint density at radius 2 is 1.88 bits per heavy atom. The monoisotopic (exact) mass is 347 g/mol. The minimum absolute atomic E-state index is 0.00131. The van der Waals surface area contributed by atoms with Crippen molar-refractivity contribution in [2.75, 3.05) is 17.9 Å². The van der Waals surface area contributed by atoms with E-state index >= 15 is 0 Å². The molecule has 0 saturated carbocycles. The summed E-state index contributed by atoms with van der Waals surface area (Å²) in [6, 6.07) is 11.2. The van der Waals surface area contributed by atoms with Gasteiger partial charge in [0.1, 0.15) is 0 Å². The molecule has 1 N–H and O–H groups in total. The summed E-state index contributed by atoms with van der Waals surface area (Å²) in [4.78, 5) is 12.6. The molecule has 0 aliphatic carbocycles. The fourth-order valence-electron chi connectivity index (χ4n) is 2.48.